The van der Waals surface area contributed by atoms with Crippen LogP contribution in [-0.2, 0) is 10.0 Å². The minimum absolute atomic E-state index is 0.126. The van der Waals surface area contributed by atoms with E-state index in [4.69, 9.17) is 23.2 Å². The van der Waals surface area contributed by atoms with Gasteiger partial charge in [-0.05, 0) is 30.5 Å². The van der Waals surface area contributed by atoms with Crippen LogP contribution in [0.3, 0.4) is 0 Å². The van der Waals surface area contributed by atoms with E-state index in [1.807, 2.05) is 13.8 Å². The Hall–Kier alpha value is 0.190. The molecule has 19 heavy (non-hydrogen) atoms. The first-order chi connectivity index (χ1) is 8.77. The highest BCUT2D eigenvalue weighted by Crippen LogP contribution is 2.25. The Morgan fingerprint density at radius 3 is 2.37 bits per heavy atom. The molecule has 1 aromatic carbocycles. The molecule has 0 amide bonds. The second-order valence-electron chi connectivity index (χ2n) is 4.53. The van der Waals surface area contributed by atoms with E-state index in [-0.39, 0.29) is 21.9 Å². The number of sulfonamides is 1. The van der Waals surface area contributed by atoms with Crippen LogP contribution in [0, 0.1) is 5.92 Å². The first-order valence-corrected chi connectivity index (χ1v) is 9.17. The highest BCUT2D eigenvalue weighted by Gasteiger charge is 2.22. The Morgan fingerprint density at radius 1 is 1.26 bits per heavy atom. The van der Waals surface area contributed by atoms with Crippen LogP contribution in [0.4, 0.5) is 0 Å². The van der Waals surface area contributed by atoms with Gasteiger partial charge in [0.15, 0.2) is 0 Å². The van der Waals surface area contributed by atoms with Crippen LogP contribution in [0.1, 0.15) is 20.3 Å². The predicted octanol–water partition coefficient (Wildman–Crippen LogP) is 4.08. The fraction of sp³-hybridized carbons (Fsp3) is 0.500. The average Bonchev–Trinajstić information content (AvgIpc) is 2.31. The van der Waals surface area contributed by atoms with Gasteiger partial charge in [0, 0.05) is 11.4 Å². The van der Waals surface area contributed by atoms with Crippen molar-refractivity contribution < 1.29 is 8.42 Å². The molecule has 0 saturated carbocycles. The number of hydrogen-bond acceptors (Lipinski definition) is 2. The topological polar surface area (TPSA) is 46.2 Å². The summed E-state index contributed by atoms with van der Waals surface area (Å²) in [6.45, 7) is 3.95. The monoisotopic (exact) mass is 387 g/mol. The van der Waals surface area contributed by atoms with Crippen LogP contribution in [0.25, 0.3) is 0 Å². The van der Waals surface area contributed by atoms with Gasteiger partial charge in [0.25, 0.3) is 0 Å². The van der Waals surface area contributed by atoms with Crippen molar-refractivity contribution >= 4 is 49.2 Å². The summed E-state index contributed by atoms with van der Waals surface area (Å²) in [6, 6.07) is 4.16. The molecule has 0 spiro atoms. The lowest BCUT2D eigenvalue weighted by molar-refractivity contribution is 0.440. The fourth-order valence-corrected chi connectivity index (χ4v) is 3.86. The fourth-order valence-electron chi connectivity index (χ4n) is 1.56. The quantitative estimate of drug-likeness (QED) is 0.746. The zero-order valence-electron chi connectivity index (χ0n) is 10.7. The van der Waals surface area contributed by atoms with Crippen molar-refractivity contribution in [2.45, 2.75) is 31.2 Å². The molecular formula is C12H16BrCl2NO2S. The third kappa shape index (κ3) is 4.90. The molecule has 0 radical (unpaired) electrons. The van der Waals surface area contributed by atoms with E-state index in [2.05, 4.69) is 20.7 Å². The van der Waals surface area contributed by atoms with Crippen molar-refractivity contribution in [3.8, 4) is 0 Å². The van der Waals surface area contributed by atoms with Crippen molar-refractivity contribution in [1.29, 1.82) is 0 Å². The van der Waals surface area contributed by atoms with Crippen molar-refractivity contribution in [1.82, 2.24) is 4.72 Å². The number of halogens is 3. The summed E-state index contributed by atoms with van der Waals surface area (Å²) in [5.41, 5.74) is 0. The van der Waals surface area contributed by atoms with Gasteiger partial charge in [-0.2, -0.15) is 0 Å². The number of nitrogens with one attached hydrogen (secondary N) is 1. The van der Waals surface area contributed by atoms with Gasteiger partial charge in [0.05, 0.1) is 14.9 Å². The largest absolute Gasteiger partial charge is 0.240 e. The molecule has 1 atom stereocenters. The van der Waals surface area contributed by atoms with E-state index >= 15 is 0 Å². The summed E-state index contributed by atoms with van der Waals surface area (Å²) in [4.78, 5) is 0.127. The molecule has 0 bridgehead atoms. The molecule has 7 heteroatoms. The molecule has 0 aliphatic carbocycles. The van der Waals surface area contributed by atoms with Crippen molar-refractivity contribution in [3.63, 3.8) is 0 Å². The summed E-state index contributed by atoms with van der Waals surface area (Å²) in [5, 5.41) is 1.30. The minimum Gasteiger partial charge on any atom is -0.208 e. The molecule has 0 aliphatic heterocycles. The van der Waals surface area contributed by atoms with Gasteiger partial charge in [-0.25, -0.2) is 13.1 Å². The normalized spacial score (nSPS) is 13.8. The smallest absolute Gasteiger partial charge is 0.208 e. The summed E-state index contributed by atoms with van der Waals surface area (Å²) in [6.07, 6.45) is 0.720. The zero-order valence-corrected chi connectivity index (χ0v) is 14.6. The van der Waals surface area contributed by atoms with Gasteiger partial charge in [0.1, 0.15) is 0 Å². The van der Waals surface area contributed by atoms with E-state index in [1.54, 1.807) is 0 Å². The van der Waals surface area contributed by atoms with Gasteiger partial charge < -0.3 is 0 Å². The minimum atomic E-state index is -3.58. The molecule has 0 saturated heterocycles. The summed E-state index contributed by atoms with van der Waals surface area (Å²) in [7, 11) is -3.58. The molecule has 1 unspecified atom stereocenters. The summed E-state index contributed by atoms with van der Waals surface area (Å²) in [5.74, 6) is 0.204. The lowest BCUT2D eigenvalue weighted by Crippen LogP contribution is -2.38. The number of rotatable bonds is 6. The number of hydrogen-bond donors (Lipinski definition) is 1. The van der Waals surface area contributed by atoms with E-state index in [9.17, 15) is 8.42 Å². The van der Waals surface area contributed by atoms with Crippen molar-refractivity contribution in [2.24, 2.45) is 5.92 Å². The molecule has 0 fully saturated rings. The van der Waals surface area contributed by atoms with E-state index < -0.39 is 10.0 Å². The summed E-state index contributed by atoms with van der Waals surface area (Å²) >= 11 is 15.0. The molecule has 3 nitrogen and oxygen atoms in total. The van der Waals surface area contributed by atoms with Crippen LogP contribution in [0.15, 0.2) is 23.1 Å². The van der Waals surface area contributed by atoms with Crippen molar-refractivity contribution in [2.75, 3.05) is 5.33 Å². The molecule has 1 N–H and O–H groups in total. The number of benzene rings is 1. The SMILES string of the molecule is CC(C)C(CCBr)NS(=O)(=O)c1ccc(Cl)c(Cl)c1. The molecule has 108 valence electrons. The Balaban J connectivity index is 2.99. The van der Waals surface area contributed by atoms with Crippen molar-refractivity contribution in [3.05, 3.63) is 28.2 Å². The third-order valence-corrected chi connectivity index (χ3v) is 5.42. The lowest BCUT2D eigenvalue weighted by atomic mass is 10.0. The third-order valence-electron chi connectivity index (χ3n) is 2.73. The van der Waals surface area contributed by atoms with Crippen LogP contribution in [0.5, 0.6) is 0 Å². The molecular weight excluding hydrogens is 373 g/mol. The van der Waals surface area contributed by atoms with Gasteiger partial charge >= 0.3 is 0 Å². The Bertz CT molecular complexity index is 535. The van der Waals surface area contributed by atoms with Gasteiger partial charge in [0.2, 0.25) is 10.0 Å². The average molecular weight is 389 g/mol. The van der Waals surface area contributed by atoms with Crippen LogP contribution in [0.2, 0.25) is 10.0 Å². The number of alkyl halides is 1. The maximum absolute atomic E-state index is 12.3. The molecule has 1 rings (SSSR count). The van der Waals surface area contributed by atoms with Crippen LogP contribution in [-0.4, -0.2) is 19.8 Å². The van der Waals surface area contributed by atoms with Gasteiger partial charge in [-0.1, -0.05) is 53.0 Å². The predicted molar refractivity (Wildman–Crippen MR) is 83.8 cm³/mol. The Morgan fingerprint density at radius 2 is 1.89 bits per heavy atom. The maximum atomic E-state index is 12.3. The first-order valence-electron chi connectivity index (χ1n) is 5.81. The molecule has 0 aromatic heterocycles. The highest BCUT2D eigenvalue weighted by molar-refractivity contribution is 9.09. The second-order valence-corrected chi connectivity index (χ2v) is 7.85. The van der Waals surface area contributed by atoms with Gasteiger partial charge in [-0.15, -0.1) is 0 Å². The molecule has 0 heterocycles. The highest BCUT2D eigenvalue weighted by atomic mass is 79.9. The van der Waals surface area contributed by atoms with E-state index in [0.717, 1.165) is 11.8 Å². The van der Waals surface area contributed by atoms with E-state index in [0.29, 0.717) is 5.02 Å². The molecule has 1 aromatic rings. The summed E-state index contributed by atoms with van der Waals surface area (Å²) < 4.78 is 27.2. The molecule has 0 aliphatic rings. The zero-order chi connectivity index (χ0) is 14.6. The van der Waals surface area contributed by atoms with Crippen LogP contribution >= 0.6 is 39.1 Å². The Labute approximate surface area is 132 Å². The second kappa shape index (κ2) is 7.27. The lowest BCUT2D eigenvalue weighted by Gasteiger charge is -2.21. The Kier molecular flexibility index (Phi) is 6.60. The standard InChI is InChI=1S/C12H16BrCl2NO2S/c1-8(2)12(5-6-13)16-19(17,18)9-3-4-10(14)11(15)7-9/h3-4,7-8,12,16H,5-6H2,1-2H3. The van der Waals surface area contributed by atoms with Gasteiger partial charge in [-0.3, -0.25) is 0 Å². The van der Waals surface area contributed by atoms with E-state index in [1.165, 1.54) is 18.2 Å². The first kappa shape index (κ1) is 17.2. The van der Waals surface area contributed by atoms with Crippen LogP contribution < -0.4 is 4.72 Å². The maximum Gasteiger partial charge on any atom is 0.240 e.